The number of benzene rings is 3. The number of anilines is 1. The molecule has 0 radical (unpaired) electrons. The maximum Gasteiger partial charge on any atom is 0.327 e. The van der Waals surface area contributed by atoms with Crippen LogP contribution in [0.25, 0.3) is 11.4 Å². The van der Waals surface area contributed by atoms with Gasteiger partial charge in [0, 0.05) is 41.3 Å². The highest BCUT2D eigenvalue weighted by Crippen LogP contribution is 2.26. The van der Waals surface area contributed by atoms with E-state index in [0.29, 0.717) is 29.9 Å². The summed E-state index contributed by atoms with van der Waals surface area (Å²) in [5.74, 6) is -1.28. The molecule has 1 aliphatic rings. The summed E-state index contributed by atoms with van der Waals surface area (Å²) in [6.07, 6.45) is 2.12. The Balaban J connectivity index is 1.40. The highest BCUT2D eigenvalue weighted by Gasteiger charge is 2.22. The van der Waals surface area contributed by atoms with E-state index in [1.165, 1.54) is 0 Å². The molecule has 0 aromatic heterocycles. The van der Waals surface area contributed by atoms with Gasteiger partial charge in [-0.25, -0.2) is 4.79 Å². The second-order valence-electron chi connectivity index (χ2n) is 9.34. The lowest BCUT2D eigenvalue weighted by atomic mass is 10.0. The summed E-state index contributed by atoms with van der Waals surface area (Å²) in [5.41, 5.74) is 6.89. The molecule has 8 nitrogen and oxygen atoms in total. The van der Waals surface area contributed by atoms with Crippen molar-refractivity contribution in [2.45, 2.75) is 32.9 Å². The smallest absolute Gasteiger partial charge is 0.327 e. The zero-order valence-electron chi connectivity index (χ0n) is 22.0. The number of fused-ring (bicyclic) bond motifs is 1. The van der Waals surface area contributed by atoms with Gasteiger partial charge in [0.1, 0.15) is 6.04 Å². The molecule has 3 aromatic carbocycles. The molecule has 0 saturated heterocycles. The number of nitrogens with one attached hydrogen (secondary N) is 4. The Labute approximate surface area is 227 Å². The summed E-state index contributed by atoms with van der Waals surface area (Å²) in [7, 11) is 0. The van der Waals surface area contributed by atoms with Crippen LogP contribution in [-0.4, -0.2) is 35.5 Å². The van der Waals surface area contributed by atoms with Crippen LogP contribution in [-0.2, 0) is 22.6 Å². The van der Waals surface area contributed by atoms with Gasteiger partial charge in [0.15, 0.2) is 0 Å². The molecule has 0 aliphatic carbocycles. The molecule has 2 amide bonds. The van der Waals surface area contributed by atoms with E-state index in [-0.39, 0.29) is 18.4 Å². The molecular formula is C31H32N4O4. The van der Waals surface area contributed by atoms with Crippen molar-refractivity contribution in [2.75, 3.05) is 11.9 Å². The van der Waals surface area contributed by atoms with Gasteiger partial charge in [-0.05, 0) is 54.3 Å². The minimum atomic E-state index is -0.999. The molecule has 1 aliphatic heterocycles. The molecule has 8 heteroatoms. The molecule has 4 rings (SSSR count). The highest BCUT2D eigenvalue weighted by molar-refractivity contribution is 6.00. The number of hydrogen-bond donors (Lipinski definition) is 5. The Kier molecular flexibility index (Phi) is 8.46. The van der Waals surface area contributed by atoms with E-state index in [0.717, 1.165) is 33.5 Å². The molecule has 0 spiro atoms. The third kappa shape index (κ3) is 6.54. The second kappa shape index (κ2) is 12.1. The fourth-order valence-electron chi connectivity index (χ4n) is 4.54. The average molecular weight is 525 g/mol. The van der Waals surface area contributed by atoms with Crippen molar-refractivity contribution in [3.63, 3.8) is 0 Å². The summed E-state index contributed by atoms with van der Waals surface area (Å²) < 4.78 is 0. The van der Waals surface area contributed by atoms with Crippen LogP contribution in [0.15, 0.2) is 79.4 Å². The molecule has 5 N–H and O–H groups in total. The Morgan fingerprint density at radius 2 is 1.82 bits per heavy atom. The summed E-state index contributed by atoms with van der Waals surface area (Å²) in [4.78, 5) is 36.6. The van der Waals surface area contributed by atoms with Gasteiger partial charge in [-0.2, -0.15) is 0 Å². The van der Waals surface area contributed by atoms with Crippen LogP contribution in [0.3, 0.4) is 0 Å². The number of carbonyl (C=O) groups is 3. The number of rotatable bonds is 11. The Morgan fingerprint density at radius 1 is 1.05 bits per heavy atom. The lowest BCUT2D eigenvalue weighted by Crippen LogP contribution is -2.43. The number of carboxylic acid groups (broad SMARTS) is 1. The van der Waals surface area contributed by atoms with Crippen LogP contribution in [0, 0.1) is 6.92 Å². The first-order chi connectivity index (χ1) is 18.8. The first kappa shape index (κ1) is 27.2. The number of allylic oxidation sites excluding steroid dienone is 1. The normalized spacial score (nSPS) is 13.2. The van der Waals surface area contributed by atoms with Gasteiger partial charge in [0.25, 0.3) is 5.91 Å². The molecule has 200 valence electrons. The molecule has 0 saturated carbocycles. The molecule has 0 unspecified atom stereocenters. The SMILES string of the molecule is C=C(NC[C@H](N/C(=C/C)c1ccc(C(=O)NCc2cccc3c2CC(=O)N3)cc1C)C(=O)O)c1ccccc1. The Morgan fingerprint density at radius 3 is 2.51 bits per heavy atom. The quantitative estimate of drug-likeness (QED) is 0.258. The van der Waals surface area contributed by atoms with E-state index in [1.54, 1.807) is 12.1 Å². The number of aliphatic carboxylic acids is 1. The van der Waals surface area contributed by atoms with Crippen molar-refractivity contribution in [1.29, 1.82) is 0 Å². The van der Waals surface area contributed by atoms with Gasteiger partial charge in [-0.15, -0.1) is 0 Å². The van der Waals surface area contributed by atoms with Crippen molar-refractivity contribution in [2.24, 2.45) is 0 Å². The van der Waals surface area contributed by atoms with Gasteiger partial charge < -0.3 is 26.4 Å². The number of amides is 2. The maximum absolute atomic E-state index is 12.9. The van der Waals surface area contributed by atoms with Crippen molar-refractivity contribution in [3.05, 3.63) is 113 Å². The maximum atomic E-state index is 12.9. The van der Waals surface area contributed by atoms with Gasteiger partial charge in [0.2, 0.25) is 5.91 Å². The number of carbonyl (C=O) groups excluding carboxylic acids is 2. The summed E-state index contributed by atoms with van der Waals surface area (Å²) >= 11 is 0. The van der Waals surface area contributed by atoms with Crippen LogP contribution in [0.1, 0.15) is 45.1 Å². The van der Waals surface area contributed by atoms with Crippen molar-refractivity contribution in [1.82, 2.24) is 16.0 Å². The first-order valence-electron chi connectivity index (χ1n) is 12.7. The van der Waals surface area contributed by atoms with E-state index in [1.807, 2.05) is 74.5 Å². The van der Waals surface area contributed by atoms with Gasteiger partial charge in [0.05, 0.1) is 6.42 Å². The zero-order valence-corrected chi connectivity index (χ0v) is 22.0. The van der Waals surface area contributed by atoms with Crippen LogP contribution in [0.5, 0.6) is 0 Å². The Hall–Kier alpha value is -4.85. The largest absolute Gasteiger partial charge is 0.480 e. The lowest BCUT2D eigenvalue weighted by molar-refractivity contribution is -0.138. The molecule has 1 heterocycles. The first-order valence-corrected chi connectivity index (χ1v) is 12.7. The predicted molar refractivity (Wildman–Crippen MR) is 153 cm³/mol. The molecule has 0 bridgehead atoms. The van der Waals surface area contributed by atoms with Gasteiger partial charge in [-0.1, -0.05) is 61.2 Å². The average Bonchev–Trinajstić information content (AvgIpc) is 3.33. The van der Waals surface area contributed by atoms with E-state index < -0.39 is 12.0 Å². The zero-order chi connectivity index (χ0) is 27.9. The monoisotopic (exact) mass is 524 g/mol. The lowest BCUT2D eigenvalue weighted by Gasteiger charge is -2.21. The van der Waals surface area contributed by atoms with Gasteiger partial charge in [-0.3, -0.25) is 9.59 Å². The fraction of sp³-hybridized carbons (Fsp3) is 0.194. The minimum Gasteiger partial charge on any atom is -0.480 e. The van der Waals surface area contributed by atoms with E-state index >= 15 is 0 Å². The molecule has 1 atom stereocenters. The van der Waals surface area contributed by atoms with E-state index in [4.69, 9.17) is 0 Å². The summed E-state index contributed by atoms with van der Waals surface area (Å²) in [6.45, 7) is 8.15. The third-order valence-electron chi connectivity index (χ3n) is 6.66. The van der Waals surface area contributed by atoms with Crippen LogP contribution in [0.4, 0.5) is 5.69 Å². The van der Waals surface area contributed by atoms with Gasteiger partial charge >= 0.3 is 5.97 Å². The molecular weight excluding hydrogens is 492 g/mol. The number of hydrogen-bond acceptors (Lipinski definition) is 5. The molecule has 3 aromatic rings. The Bertz CT molecular complexity index is 1450. The van der Waals surface area contributed by atoms with Crippen LogP contribution in [0.2, 0.25) is 0 Å². The minimum absolute atomic E-state index is 0.0505. The standard InChI is InChI=1S/C31H32N4O4/c1-4-26(34-28(31(38)39)18-32-20(3)21-9-6-5-7-10-21)24-14-13-22(15-19(24)2)30(37)33-17-23-11-8-12-27-25(23)16-29(36)35-27/h4-15,28,32,34H,3,16-18H2,1-2H3,(H,33,37)(H,35,36)(H,38,39)/b26-4+/t28-/m0/s1. The topological polar surface area (TPSA) is 120 Å². The van der Waals surface area contributed by atoms with Crippen molar-refractivity contribution in [3.8, 4) is 0 Å². The van der Waals surface area contributed by atoms with Crippen molar-refractivity contribution >= 4 is 34.9 Å². The summed E-state index contributed by atoms with van der Waals surface area (Å²) in [5, 5.41) is 21.8. The fourth-order valence-corrected chi connectivity index (χ4v) is 4.54. The second-order valence-corrected chi connectivity index (χ2v) is 9.34. The summed E-state index contributed by atoms with van der Waals surface area (Å²) in [6, 6.07) is 19.5. The van der Waals surface area contributed by atoms with Crippen LogP contribution >= 0.6 is 0 Å². The highest BCUT2D eigenvalue weighted by atomic mass is 16.4. The molecule has 0 fully saturated rings. The van der Waals surface area contributed by atoms with E-state index in [2.05, 4.69) is 27.8 Å². The number of carboxylic acids is 1. The van der Waals surface area contributed by atoms with Crippen molar-refractivity contribution < 1.29 is 19.5 Å². The van der Waals surface area contributed by atoms with Crippen LogP contribution < -0.4 is 21.3 Å². The predicted octanol–water partition coefficient (Wildman–Crippen LogP) is 4.08. The third-order valence-corrected chi connectivity index (χ3v) is 6.66. The number of aryl methyl sites for hydroxylation is 1. The van der Waals surface area contributed by atoms with E-state index in [9.17, 15) is 19.5 Å². The molecule has 39 heavy (non-hydrogen) atoms.